The molecular formula is C15H10BrNO2S. The second kappa shape index (κ2) is 5.34. The lowest BCUT2D eigenvalue weighted by Crippen LogP contribution is -2.23. The van der Waals surface area contributed by atoms with Crippen molar-refractivity contribution in [2.24, 2.45) is 0 Å². The molecule has 0 saturated carbocycles. The van der Waals surface area contributed by atoms with Crippen molar-refractivity contribution in [2.45, 2.75) is 6.54 Å². The largest absolute Gasteiger partial charge is 0.307 e. The van der Waals surface area contributed by atoms with Crippen LogP contribution >= 0.6 is 27.3 Å². The van der Waals surface area contributed by atoms with Crippen molar-refractivity contribution in [3.8, 4) is 0 Å². The van der Waals surface area contributed by atoms with Crippen LogP contribution in [0.25, 0.3) is 10.1 Å². The number of fused-ring (bicyclic) bond motifs is 1. The standard InChI is InChI=1S/C15H10BrNO2S/c16-11-3-1-10(2-4-11)13(18)9-17-7-5-14-12(15(17)19)6-8-20-14/h1-8H,9H2. The summed E-state index contributed by atoms with van der Waals surface area (Å²) in [6.45, 7) is 0.0618. The monoisotopic (exact) mass is 347 g/mol. The zero-order valence-corrected chi connectivity index (χ0v) is 12.8. The molecule has 0 N–H and O–H groups in total. The van der Waals surface area contributed by atoms with E-state index in [1.54, 1.807) is 24.4 Å². The van der Waals surface area contributed by atoms with Gasteiger partial charge >= 0.3 is 0 Å². The number of Topliss-reactive ketones (excluding diaryl/α,β-unsaturated/α-hetero) is 1. The Morgan fingerprint density at radius 3 is 2.65 bits per heavy atom. The van der Waals surface area contributed by atoms with Gasteiger partial charge < -0.3 is 4.57 Å². The highest BCUT2D eigenvalue weighted by molar-refractivity contribution is 9.10. The zero-order valence-electron chi connectivity index (χ0n) is 10.4. The third kappa shape index (κ3) is 2.46. The zero-order chi connectivity index (χ0) is 14.1. The summed E-state index contributed by atoms with van der Waals surface area (Å²) in [6, 6.07) is 10.8. The molecule has 0 fully saturated rings. The molecule has 0 atom stereocenters. The van der Waals surface area contributed by atoms with Gasteiger partial charge in [-0.15, -0.1) is 11.3 Å². The van der Waals surface area contributed by atoms with Crippen molar-refractivity contribution in [1.82, 2.24) is 4.57 Å². The summed E-state index contributed by atoms with van der Waals surface area (Å²) in [5.74, 6) is -0.0748. The average molecular weight is 348 g/mol. The minimum Gasteiger partial charge on any atom is -0.307 e. The summed E-state index contributed by atoms with van der Waals surface area (Å²) in [5, 5.41) is 2.55. The van der Waals surface area contributed by atoms with Crippen LogP contribution in [0.4, 0.5) is 0 Å². The van der Waals surface area contributed by atoms with E-state index in [-0.39, 0.29) is 17.9 Å². The lowest BCUT2D eigenvalue weighted by atomic mass is 10.1. The maximum atomic E-state index is 12.2. The van der Waals surface area contributed by atoms with Crippen LogP contribution in [0.2, 0.25) is 0 Å². The van der Waals surface area contributed by atoms with E-state index >= 15 is 0 Å². The summed E-state index contributed by atoms with van der Waals surface area (Å²) in [5.41, 5.74) is 0.486. The van der Waals surface area contributed by atoms with E-state index in [1.165, 1.54) is 15.9 Å². The summed E-state index contributed by atoms with van der Waals surface area (Å²) in [7, 11) is 0. The lowest BCUT2D eigenvalue weighted by Gasteiger charge is -2.05. The number of aromatic nitrogens is 1. The molecule has 0 bridgehead atoms. The first-order chi connectivity index (χ1) is 9.65. The molecule has 0 amide bonds. The van der Waals surface area contributed by atoms with Crippen LogP contribution in [0.3, 0.4) is 0 Å². The Balaban J connectivity index is 1.93. The number of ketones is 1. The molecule has 2 aromatic heterocycles. The van der Waals surface area contributed by atoms with Gasteiger partial charge in [0, 0.05) is 20.9 Å². The highest BCUT2D eigenvalue weighted by Gasteiger charge is 2.09. The molecule has 100 valence electrons. The summed E-state index contributed by atoms with van der Waals surface area (Å²) < 4.78 is 3.33. The fraction of sp³-hybridized carbons (Fsp3) is 0.0667. The Labute approximate surface area is 127 Å². The van der Waals surface area contributed by atoms with Gasteiger partial charge in [0.15, 0.2) is 5.78 Å². The Kier molecular flexibility index (Phi) is 3.54. The average Bonchev–Trinajstić information content (AvgIpc) is 2.92. The fourth-order valence-corrected chi connectivity index (χ4v) is 3.05. The van der Waals surface area contributed by atoms with Gasteiger partial charge in [0.05, 0.1) is 11.9 Å². The number of thiophene rings is 1. The van der Waals surface area contributed by atoms with Crippen LogP contribution in [0.5, 0.6) is 0 Å². The maximum absolute atomic E-state index is 12.2. The third-order valence-electron chi connectivity index (χ3n) is 3.07. The van der Waals surface area contributed by atoms with Gasteiger partial charge in [0.2, 0.25) is 0 Å². The van der Waals surface area contributed by atoms with Gasteiger partial charge in [-0.1, -0.05) is 28.1 Å². The topological polar surface area (TPSA) is 39.1 Å². The van der Waals surface area contributed by atoms with Crippen molar-refractivity contribution in [3.05, 3.63) is 68.4 Å². The molecule has 0 aliphatic carbocycles. The van der Waals surface area contributed by atoms with Gasteiger partial charge in [-0.05, 0) is 29.6 Å². The van der Waals surface area contributed by atoms with Gasteiger partial charge in [-0.2, -0.15) is 0 Å². The van der Waals surface area contributed by atoms with E-state index in [4.69, 9.17) is 0 Å². The molecule has 1 aromatic carbocycles. The number of rotatable bonds is 3. The van der Waals surface area contributed by atoms with Gasteiger partial charge in [0.25, 0.3) is 5.56 Å². The number of carbonyl (C=O) groups is 1. The molecule has 3 rings (SSSR count). The van der Waals surface area contributed by atoms with Crippen molar-refractivity contribution in [2.75, 3.05) is 0 Å². The van der Waals surface area contributed by atoms with E-state index in [9.17, 15) is 9.59 Å². The molecule has 2 heterocycles. The number of pyridine rings is 1. The van der Waals surface area contributed by atoms with E-state index in [1.807, 2.05) is 23.6 Å². The highest BCUT2D eigenvalue weighted by atomic mass is 79.9. The Hall–Kier alpha value is -1.72. The predicted octanol–water partition coefficient (Wildman–Crippen LogP) is 3.71. The first-order valence-corrected chi connectivity index (χ1v) is 7.68. The number of halogens is 1. The van der Waals surface area contributed by atoms with E-state index < -0.39 is 0 Å². The van der Waals surface area contributed by atoms with Crippen molar-refractivity contribution >= 4 is 43.1 Å². The minimum absolute atomic E-state index is 0.0618. The van der Waals surface area contributed by atoms with E-state index in [0.29, 0.717) is 10.9 Å². The van der Waals surface area contributed by atoms with Crippen LogP contribution < -0.4 is 5.56 Å². The summed E-state index contributed by atoms with van der Waals surface area (Å²) in [4.78, 5) is 24.4. The van der Waals surface area contributed by atoms with E-state index in [2.05, 4.69) is 15.9 Å². The molecule has 0 aliphatic heterocycles. The van der Waals surface area contributed by atoms with Crippen molar-refractivity contribution in [1.29, 1.82) is 0 Å². The summed E-state index contributed by atoms with van der Waals surface area (Å²) in [6.07, 6.45) is 1.68. The molecule has 0 unspecified atom stereocenters. The molecular weight excluding hydrogens is 338 g/mol. The van der Waals surface area contributed by atoms with Crippen molar-refractivity contribution < 1.29 is 4.79 Å². The Morgan fingerprint density at radius 1 is 1.15 bits per heavy atom. The Morgan fingerprint density at radius 2 is 1.90 bits per heavy atom. The predicted molar refractivity (Wildman–Crippen MR) is 84.6 cm³/mol. The molecule has 3 aromatic rings. The van der Waals surface area contributed by atoms with E-state index in [0.717, 1.165) is 9.17 Å². The first-order valence-electron chi connectivity index (χ1n) is 6.00. The molecule has 0 saturated heterocycles. The molecule has 3 nitrogen and oxygen atoms in total. The number of hydrogen-bond acceptors (Lipinski definition) is 3. The number of nitrogens with zero attached hydrogens (tertiary/aromatic N) is 1. The second-order valence-electron chi connectivity index (χ2n) is 4.38. The number of hydrogen-bond donors (Lipinski definition) is 0. The van der Waals surface area contributed by atoms with Crippen LogP contribution in [0.15, 0.2) is 57.2 Å². The van der Waals surface area contributed by atoms with Crippen molar-refractivity contribution in [3.63, 3.8) is 0 Å². The summed E-state index contributed by atoms with van der Waals surface area (Å²) >= 11 is 4.85. The quantitative estimate of drug-likeness (QED) is 0.677. The van der Waals surface area contributed by atoms with Crippen LogP contribution in [-0.4, -0.2) is 10.4 Å². The first kappa shape index (κ1) is 13.3. The number of benzene rings is 1. The molecule has 20 heavy (non-hydrogen) atoms. The molecule has 0 aliphatic rings. The SMILES string of the molecule is O=C(Cn1ccc2sccc2c1=O)c1ccc(Br)cc1. The minimum atomic E-state index is -0.116. The number of carbonyl (C=O) groups excluding carboxylic acids is 1. The van der Waals surface area contributed by atoms with Crippen LogP contribution in [0.1, 0.15) is 10.4 Å². The molecule has 0 spiro atoms. The second-order valence-corrected chi connectivity index (χ2v) is 6.24. The normalized spacial score (nSPS) is 10.8. The molecule has 5 heteroatoms. The van der Waals surface area contributed by atoms with Crippen LogP contribution in [0, 0.1) is 0 Å². The third-order valence-corrected chi connectivity index (χ3v) is 4.48. The fourth-order valence-electron chi connectivity index (χ4n) is 2.01. The van der Waals surface area contributed by atoms with Gasteiger partial charge in [-0.25, -0.2) is 0 Å². The lowest BCUT2D eigenvalue weighted by molar-refractivity contribution is 0.0971. The smallest absolute Gasteiger partial charge is 0.259 e. The van der Waals surface area contributed by atoms with Gasteiger partial charge in [-0.3, -0.25) is 9.59 Å². The van der Waals surface area contributed by atoms with Crippen LogP contribution in [-0.2, 0) is 6.54 Å². The van der Waals surface area contributed by atoms with Gasteiger partial charge in [0.1, 0.15) is 0 Å². The molecule has 0 radical (unpaired) electrons. The maximum Gasteiger partial charge on any atom is 0.259 e. The highest BCUT2D eigenvalue weighted by Crippen LogP contribution is 2.16. The Bertz CT molecular complexity index is 833.